The summed E-state index contributed by atoms with van der Waals surface area (Å²) in [5, 5.41) is 4.30. The molecule has 20 heavy (non-hydrogen) atoms. The van der Waals surface area contributed by atoms with Crippen molar-refractivity contribution in [2.45, 2.75) is 19.4 Å². The van der Waals surface area contributed by atoms with Gasteiger partial charge in [-0.25, -0.2) is 9.48 Å². The highest BCUT2D eigenvalue weighted by Gasteiger charge is 2.05. The van der Waals surface area contributed by atoms with E-state index in [2.05, 4.69) is 5.10 Å². The van der Waals surface area contributed by atoms with Crippen molar-refractivity contribution in [3.05, 3.63) is 64.7 Å². The highest BCUT2D eigenvalue weighted by atomic mass is 16.2. The zero-order valence-corrected chi connectivity index (χ0v) is 11.1. The molecule has 5 nitrogen and oxygen atoms in total. The molecule has 5 heteroatoms. The lowest BCUT2D eigenvalue weighted by atomic mass is 10.1. The Morgan fingerprint density at radius 1 is 1.10 bits per heavy atom. The predicted molar refractivity (Wildman–Crippen MR) is 78.6 cm³/mol. The number of nitrogen functional groups attached to an aromatic ring is 1. The first-order valence-corrected chi connectivity index (χ1v) is 6.63. The Balaban J connectivity index is 1.69. The van der Waals surface area contributed by atoms with E-state index in [4.69, 9.17) is 5.73 Å². The van der Waals surface area contributed by atoms with E-state index in [0.29, 0.717) is 12.2 Å². The number of hydrogen-bond acceptors (Lipinski definition) is 3. The number of benzene rings is 1. The van der Waals surface area contributed by atoms with Gasteiger partial charge in [0.2, 0.25) is 0 Å². The van der Waals surface area contributed by atoms with Crippen LogP contribution >= 0.6 is 0 Å². The molecular weight excluding hydrogens is 252 g/mol. The number of pyridine rings is 1. The molecule has 0 radical (unpaired) electrons. The number of rotatable bonds is 4. The Labute approximate surface area is 116 Å². The second-order valence-corrected chi connectivity index (χ2v) is 4.78. The van der Waals surface area contributed by atoms with E-state index in [0.717, 1.165) is 18.5 Å². The Bertz CT molecular complexity index is 770. The van der Waals surface area contributed by atoms with E-state index in [1.807, 2.05) is 42.5 Å². The van der Waals surface area contributed by atoms with Crippen LogP contribution in [0.3, 0.4) is 0 Å². The number of fused-ring (bicyclic) bond motifs is 1. The van der Waals surface area contributed by atoms with Gasteiger partial charge >= 0.3 is 5.69 Å². The molecule has 2 aromatic heterocycles. The summed E-state index contributed by atoms with van der Waals surface area (Å²) in [6.45, 7) is 0.616. The zero-order chi connectivity index (χ0) is 13.9. The van der Waals surface area contributed by atoms with E-state index in [1.54, 1.807) is 10.6 Å². The highest BCUT2D eigenvalue weighted by molar-refractivity contribution is 5.39. The van der Waals surface area contributed by atoms with Crippen molar-refractivity contribution in [2.24, 2.45) is 0 Å². The minimum Gasteiger partial charge on any atom is -0.399 e. The largest absolute Gasteiger partial charge is 0.399 e. The molecule has 0 fully saturated rings. The molecule has 0 bridgehead atoms. The molecule has 1 aromatic carbocycles. The SMILES string of the molecule is Nc1ccc(CCCn2nc3ccccn3c2=O)cc1. The van der Waals surface area contributed by atoms with E-state index in [9.17, 15) is 4.79 Å². The van der Waals surface area contributed by atoms with Gasteiger partial charge in [-0.1, -0.05) is 18.2 Å². The minimum absolute atomic E-state index is 0.0853. The third-order valence-electron chi connectivity index (χ3n) is 3.30. The van der Waals surface area contributed by atoms with Crippen LogP contribution in [-0.2, 0) is 13.0 Å². The molecule has 0 aliphatic carbocycles. The maximum atomic E-state index is 12.1. The average Bonchev–Trinajstić information content (AvgIpc) is 2.78. The fraction of sp³-hybridized carbons (Fsp3) is 0.200. The second-order valence-electron chi connectivity index (χ2n) is 4.78. The van der Waals surface area contributed by atoms with Gasteiger partial charge in [0.15, 0.2) is 5.65 Å². The number of nitrogens with zero attached hydrogens (tertiary/aromatic N) is 3. The van der Waals surface area contributed by atoms with Crippen LogP contribution in [0.4, 0.5) is 5.69 Å². The molecule has 2 N–H and O–H groups in total. The van der Waals surface area contributed by atoms with Gasteiger partial charge < -0.3 is 5.73 Å². The summed E-state index contributed by atoms with van der Waals surface area (Å²) in [5.74, 6) is 0. The molecule has 2 heterocycles. The molecule has 0 atom stereocenters. The number of hydrogen-bond donors (Lipinski definition) is 1. The summed E-state index contributed by atoms with van der Waals surface area (Å²) in [5.41, 5.74) is 8.24. The van der Waals surface area contributed by atoms with Crippen molar-refractivity contribution in [3.63, 3.8) is 0 Å². The van der Waals surface area contributed by atoms with Crippen LogP contribution in [0.25, 0.3) is 5.65 Å². The molecule has 0 spiro atoms. The van der Waals surface area contributed by atoms with Crippen LogP contribution in [-0.4, -0.2) is 14.2 Å². The van der Waals surface area contributed by atoms with Crippen molar-refractivity contribution in [2.75, 3.05) is 5.73 Å². The highest BCUT2D eigenvalue weighted by Crippen LogP contribution is 2.08. The van der Waals surface area contributed by atoms with Crippen molar-refractivity contribution in [1.82, 2.24) is 14.2 Å². The van der Waals surface area contributed by atoms with Gasteiger partial charge in [-0.15, -0.1) is 5.10 Å². The van der Waals surface area contributed by atoms with Crippen molar-refractivity contribution in [1.29, 1.82) is 0 Å². The molecule has 0 saturated heterocycles. The molecule has 3 aromatic rings. The molecule has 0 amide bonds. The topological polar surface area (TPSA) is 65.3 Å². The zero-order valence-electron chi connectivity index (χ0n) is 11.1. The third-order valence-corrected chi connectivity index (χ3v) is 3.30. The van der Waals surface area contributed by atoms with E-state index < -0.39 is 0 Å². The predicted octanol–water partition coefficient (Wildman–Crippen LogP) is 1.71. The molecule has 0 aliphatic rings. The maximum absolute atomic E-state index is 12.1. The Morgan fingerprint density at radius 3 is 2.65 bits per heavy atom. The quantitative estimate of drug-likeness (QED) is 0.733. The fourth-order valence-electron chi connectivity index (χ4n) is 2.23. The first-order valence-electron chi connectivity index (χ1n) is 6.63. The molecule has 0 aliphatic heterocycles. The van der Waals surface area contributed by atoms with Crippen LogP contribution < -0.4 is 11.4 Å². The van der Waals surface area contributed by atoms with E-state index in [-0.39, 0.29) is 5.69 Å². The standard InChI is InChI=1S/C15H16N4O/c16-13-8-6-12(7-9-13)4-3-11-19-15(20)18-10-2-1-5-14(18)17-19/h1-2,5-10H,3-4,11,16H2. The monoisotopic (exact) mass is 268 g/mol. The Kier molecular flexibility index (Phi) is 3.25. The van der Waals surface area contributed by atoms with Crippen LogP contribution in [0.15, 0.2) is 53.5 Å². The molecule has 0 unspecified atom stereocenters. The number of anilines is 1. The summed E-state index contributed by atoms with van der Waals surface area (Å²) in [4.78, 5) is 12.1. The van der Waals surface area contributed by atoms with Crippen LogP contribution in [0, 0.1) is 0 Å². The summed E-state index contributed by atoms with van der Waals surface area (Å²) in [7, 11) is 0. The van der Waals surface area contributed by atoms with E-state index >= 15 is 0 Å². The van der Waals surface area contributed by atoms with Crippen molar-refractivity contribution >= 4 is 11.3 Å². The fourth-order valence-corrected chi connectivity index (χ4v) is 2.23. The second kappa shape index (κ2) is 5.21. The van der Waals surface area contributed by atoms with Gasteiger partial charge in [-0.3, -0.25) is 4.40 Å². The van der Waals surface area contributed by atoms with Gasteiger partial charge in [-0.05, 0) is 42.7 Å². The Hall–Kier alpha value is -2.56. The molecule has 102 valence electrons. The number of aromatic nitrogens is 3. The minimum atomic E-state index is -0.0853. The Morgan fingerprint density at radius 2 is 1.90 bits per heavy atom. The summed E-state index contributed by atoms with van der Waals surface area (Å²) >= 11 is 0. The summed E-state index contributed by atoms with van der Waals surface area (Å²) < 4.78 is 3.08. The normalized spacial score (nSPS) is 11.0. The van der Waals surface area contributed by atoms with Gasteiger partial charge in [-0.2, -0.15) is 0 Å². The van der Waals surface area contributed by atoms with Crippen molar-refractivity contribution < 1.29 is 0 Å². The van der Waals surface area contributed by atoms with Crippen LogP contribution in [0.1, 0.15) is 12.0 Å². The molecule has 3 rings (SSSR count). The molecular formula is C15H16N4O. The van der Waals surface area contributed by atoms with Gasteiger partial charge in [0.05, 0.1) is 0 Å². The van der Waals surface area contributed by atoms with Crippen LogP contribution in [0.2, 0.25) is 0 Å². The smallest absolute Gasteiger partial charge is 0.350 e. The average molecular weight is 268 g/mol. The van der Waals surface area contributed by atoms with E-state index in [1.165, 1.54) is 10.2 Å². The van der Waals surface area contributed by atoms with Gasteiger partial charge in [0.1, 0.15) is 0 Å². The summed E-state index contributed by atoms with van der Waals surface area (Å²) in [6.07, 6.45) is 3.51. The van der Waals surface area contributed by atoms with Crippen LogP contribution in [0.5, 0.6) is 0 Å². The third kappa shape index (κ3) is 2.42. The number of nitrogens with two attached hydrogens (primary N) is 1. The maximum Gasteiger partial charge on any atom is 0.350 e. The molecule has 0 saturated carbocycles. The first-order chi connectivity index (χ1) is 9.74. The lowest BCUT2D eigenvalue weighted by molar-refractivity contribution is 0.560. The van der Waals surface area contributed by atoms with Gasteiger partial charge in [0.25, 0.3) is 0 Å². The number of aryl methyl sites for hydroxylation is 2. The lowest BCUT2D eigenvalue weighted by Crippen LogP contribution is -2.21. The van der Waals surface area contributed by atoms with Crippen molar-refractivity contribution in [3.8, 4) is 0 Å². The summed E-state index contributed by atoms with van der Waals surface area (Å²) in [6, 6.07) is 13.4. The first kappa shape index (κ1) is 12.5. The van der Waals surface area contributed by atoms with Gasteiger partial charge in [0, 0.05) is 18.4 Å². The lowest BCUT2D eigenvalue weighted by Gasteiger charge is -2.01.